The zero-order valence-corrected chi connectivity index (χ0v) is 13.6. The zero-order chi connectivity index (χ0) is 15.8. The third-order valence-electron chi connectivity index (χ3n) is 3.30. The van der Waals surface area contributed by atoms with Crippen LogP contribution in [0.4, 0.5) is 0 Å². The smallest absolute Gasteiger partial charge is 0.303 e. The summed E-state index contributed by atoms with van der Waals surface area (Å²) in [5.74, 6) is 1.02. The summed E-state index contributed by atoms with van der Waals surface area (Å²) >= 11 is 1.64. The number of unbranched alkanes of at least 4 members (excludes halogenated alkanes) is 3. The average molecular weight is 322 g/mol. The number of nitrogens with one attached hydrogen (secondary N) is 1. The molecule has 2 N–H and O–H groups in total. The molecule has 0 fully saturated rings. The molecular weight excluding hydrogens is 300 g/mol. The summed E-state index contributed by atoms with van der Waals surface area (Å²) in [6, 6.07) is 3.89. The van der Waals surface area contributed by atoms with Gasteiger partial charge in [-0.15, -0.1) is 11.3 Å². The van der Waals surface area contributed by atoms with E-state index in [2.05, 4.69) is 10.3 Å². The Morgan fingerprint density at radius 3 is 2.86 bits per heavy atom. The molecule has 0 saturated carbocycles. The summed E-state index contributed by atoms with van der Waals surface area (Å²) in [7, 11) is 0. The van der Waals surface area contributed by atoms with Gasteiger partial charge in [-0.05, 0) is 38.4 Å². The molecule has 0 unspecified atom stereocenters. The highest BCUT2D eigenvalue weighted by molar-refractivity contribution is 7.14. The SMILES string of the molecule is Cc1ccc(-c2ncc(CNCCCCCCC(=O)O)s2)o1. The Kier molecular flexibility index (Phi) is 6.61. The number of carbonyl (C=O) groups is 1. The Morgan fingerprint density at radius 2 is 2.14 bits per heavy atom. The van der Waals surface area contributed by atoms with Crippen molar-refractivity contribution in [3.63, 3.8) is 0 Å². The first-order valence-corrected chi connectivity index (χ1v) is 8.41. The predicted molar refractivity (Wildman–Crippen MR) is 87.0 cm³/mol. The molecule has 0 bridgehead atoms. The lowest BCUT2D eigenvalue weighted by Crippen LogP contribution is -2.13. The van der Waals surface area contributed by atoms with Crippen LogP contribution in [0.1, 0.15) is 42.7 Å². The maximum Gasteiger partial charge on any atom is 0.303 e. The van der Waals surface area contributed by atoms with Gasteiger partial charge in [-0.1, -0.05) is 12.8 Å². The number of hydrogen-bond donors (Lipinski definition) is 2. The number of aliphatic carboxylic acids is 1. The van der Waals surface area contributed by atoms with Crippen LogP contribution in [0, 0.1) is 6.92 Å². The van der Waals surface area contributed by atoms with Crippen molar-refractivity contribution in [1.29, 1.82) is 0 Å². The molecule has 5 nitrogen and oxygen atoms in total. The van der Waals surface area contributed by atoms with Crippen LogP contribution < -0.4 is 5.32 Å². The first kappa shape index (κ1) is 16.7. The third-order valence-corrected chi connectivity index (χ3v) is 4.31. The van der Waals surface area contributed by atoms with Crippen molar-refractivity contribution >= 4 is 17.3 Å². The van der Waals surface area contributed by atoms with E-state index >= 15 is 0 Å². The second-order valence-electron chi connectivity index (χ2n) is 5.28. The Morgan fingerprint density at radius 1 is 1.32 bits per heavy atom. The first-order chi connectivity index (χ1) is 10.6. The number of nitrogens with zero attached hydrogens (tertiary/aromatic N) is 1. The number of aromatic nitrogens is 1. The van der Waals surface area contributed by atoms with Gasteiger partial charge in [0, 0.05) is 24.0 Å². The quantitative estimate of drug-likeness (QED) is 0.650. The van der Waals surface area contributed by atoms with Gasteiger partial charge in [-0.3, -0.25) is 4.79 Å². The van der Waals surface area contributed by atoms with Crippen molar-refractivity contribution < 1.29 is 14.3 Å². The normalized spacial score (nSPS) is 11.0. The van der Waals surface area contributed by atoms with Gasteiger partial charge < -0.3 is 14.8 Å². The van der Waals surface area contributed by atoms with Crippen molar-refractivity contribution in [2.75, 3.05) is 6.54 Å². The Hall–Kier alpha value is -1.66. The monoisotopic (exact) mass is 322 g/mol. The van der Waals surface area contributed by atoms with Crippen molar-refractivity contribution in [2.45, 2.75) is 45.6 Å². The van der Waals surface area contributed by atoms with Crippen LogP contribution >= 0.6 is 11.3 Å². The summed E-state index contributed by atoms with van der Waals surface area (Å²) in [6.07, 6.45) is 6.07. The molecule has 120 valence electrons. The molecule has 0 aliphatic rings. The van der Waals surface area contributed by atoms with E-state index in [1.807, 2.05) is 25.3 Å². The van der Waals surface area contributed by atoms with Crippen molar-refractivity contribution in [3.05, 3.63) is 29.0 Å². The molecule has 0 aliphatic heterocycles. The highest BCUT2D eigenvalue weighted by Crippen LogP contribution is 2.26. The van der Waals surface area contributed by atoms with E-state index in [9.17, 15) is 4.79 Å². The first-order valence-electron chi connectivity index (χ1n) is 7.59. The number of thiazole rings is 1. The molecule has 2 rings (SSSR count). The van der Waals surface area contributed by atoms with Crippen LogP contribution in [0.5, 0.6) is 0 Å². The third kappa shape index (κ3) is 5.61. The van der Waals surface area contributed by atoms with Gasteiger partial charge in [-0.2, -0.15) is 0 Å². The van der Waals surface area contributed by atoms with Gasteiger partial charge in [0.25, 0.3) is 0 Å². The summed E-state index contributed by atoms with van der Waals surface area (Å²) in [6.45, 7) is 3.68. The van der Waals surface area contributed by atoms with E-state index in [-0.39, 0.29) is 6.42 Å². The fraction of sp³-hybridized carbons (Fsp3) is 0.500. The van der Waals surface area contributed by atoms with Gasteiger partial charge in [0.15, 0.2) is 10.8 Å². The van der Waals surface area contributed by atoms with Crippen molar-refractivity contribution in [1.82, 2.24) is 10.3 Å². The molecule has 2 aromatic rings. The topological polar surface area (TPSA) is 75.4 Å². The van der Waals surface area contributed by atoms with E-state index in [1.54, 1.807) is 11.3 Å². The lowest BCUT2D eigenvalue weighted by Gasteiger charge is -2.02. The van der Waals surface area contributed by atoms with Crippen LogP contribution in [0.15, 0.2) is 22.7 Å². The minimum atomic E-state index is -0.703. The minimum Gasteiger partial charge on any atom is -0.481 e. The zero-order valence-electron chi connectivity index (χ0n) is 12.8. The Balaban J connectivity index is 1.60. The highest BCUT2D eigenvalue weighted by Gasteiger charge is 2.07. The molecular formula is C16H22N2O3S. The number of rotatable bonds is 10. The van der Waals surface area contributed by atoms with E-state index in [4.69, 9.17) is 9.52 Å². The average Bonchev–Trinajstić information content (AvgIpc) is 3.10. The molecule has 6 heteroatoms. The second-order valence-corrected chi connectivity index (χ2v) is 6.39. The van der Waals surface area contributed by atoms with Crippen LogP contribution in [0.2, 0.25) is 0 Å². The number of carboxylic acid groups (broad SMARTS) is 1. The standard InChI is InChI=1S/C16H22N2O3S/c1-12-7-8-14(21-12)16-18-11-13(22-16)10-17-9-5-3-2-4-6-15(19)20/h7-8,11,17H,2-6,9-10H2,1H3,(H,19,20). The maximum absolute atomic E-state index is 10.4. The summed E-state index contributed by atoms with van der Waals surface area (Å²) in [5.41, 5.74) is 0. The van der Waals surface area contributed by atoms with Crippen LogP contribution in [-0.2, 0) is 11.3 Å². The molecule has 0 saturated heterocycles. The van der Waals surface area contributed by atoms with Crippen molar-refractivity contribution in [2.24, 2.45) is 0 Å². The molecule has 0 aliphatic carbocycles. The fourth-order valence-corrected chi connectivity index (χ4v) is 2.99. The minimum absolute atomic E-state index is 0.281. The molecule has 0 amide bonds. The Labute approximate surface area is 134 Å². The molecule has 2 heterocycles. The lowest BCUT2D eigenvalue weighted by molar-refractivity contribution is -0.137. The number of hydrogen-bond acceptors (Lipinski definition) is 5. The molecule has 0 spiro atoms. The number of furan rings is 1. The predicted octanol–water partition coefficient (Wildman–Crippen LogP) is 3.84. The lowest BCUT2D eigenvalue weighted by atomic mass is 10.1. The van der Waals surface area contributed by atoms with Gasteiger partial charge in [0.1, 0.15) is 5.76 Å². The molecule has 2 aromatic heterocycles. The highest BCUT2D eigenvalue weighted by atomic mass is 32.1. The van der Waals surface area contributed by atoms with Gasteiger partial charge in [0.2, 0.25) is 0 Å². The van der Waals surface area contributed by atoms with Crippen LogP contribution in [-0.4, -0.2) is 22.6 Å². The van der Waals surface area contributed by atoms with Crippen LogP contribution in [0.25, 0.3) is 10.8 Å². The fourth-order valence-electron chi connectivity index (χ4n) is 2.14. The second kappa shape index (κ2) is 8.70. The number of carboxylic acids is 1. The molecule has 22 heavy (non-hydrogen) atoms. The van der Waals surface area contributed by atoms with E-state index in [0.717, 1.165) is 55.3 Å². The maximum atomic E-state index is 10.4. The van der Waals surface area contributed by atoms with Crippen molar-refractivity contribution in [3.8, 4) is 10.8 Å². The van der Waals surface area contributed by atoms with Crippen LogP contribution in [0.3, 0.4) is 0 Å². The summed E-state index contributed by atoms with van der Waals surface area (Å²) < 4.78 is 5.57. The molecule has 0 radical (unpaired) electrons. The molecule has 0 aromatic carbocycles. The number of aryl methyl sites for hydroxylation is 1. The van der Waals surface area contributed by atoms with E-state index in [1.165, 1.54) is 4.88 Å². The summed E-state index contributed by atoms with van der Waals surface area (Å²) in [5, 5.41) is 12.9. The van der Waals surface area contributed by atoms with Gasteiger partial charge >= 0.3 is 5.97 Å². The summed E-state index contributed by atoms with van der Waals surface area (Å²) in [4.78, 5) is 15.9. The van der Waals surface area contributed by atoms with Gasteiger partial charge in [0.05, 0.1) is 0 Å². The Bertz CT molecular complexity index is 592. The molecule has 0 atom stereocenters. The van der Waals surface area contributed by atoms with E-state index in [0.29, 0.717) is 0 Å². The van der Waals surface area contributed by atoms with E-state index < -0.39 is 5.97 Å². The van der Waals surface area contributed by atoms with Gasteiger partial charge in [-0.25, -0.2) is 4.98 Å². The largest absolute Gasteiger partial charge is 0.481 e.